The minimum Gasteiger partial charge on any atom is -0.272 e. The summed E-state index contributed by atoms with van der Waals surface area (Å²) in [4.78, 5) is 12.2. The largest absolute Gasteiger partial charge is 0.289 e. The van der Waals surface area contributed by atoms with E-state index in [4.69, 9.17) is 23.2 Å². The Hall–Kier alpha value is -2.63. The van der Waals surface area contributed by atoms with Crippen LogP contribution in [0.4, 0.5) is 0 Å². The molecule has 3 rings (SSSR count). The molecule has 0 radical (unpaired) electrons. The van der Waals surface area contributed by atoms with Gasteiger partial charge in [0.2, 0.25) is 0 Å². The number of rotatable bonds is 4. The molecule has 2 N–H and O–H groups in total. The highest BCUT2D eigenvalue weighted by Crippen LogP contribution is 2.26. The molecule has 1 aromatic heterocycles. The van der Waals surface area contributed by atoms with Gasteiger partial charge in [-0.2, -0.15) is 10.2 Å². The molecule has 1 heterocycles. The van der Waals surface area contributed by atoms with Crippen LogP contribution in [0.3, 0.4) is 0 Å². The zero-order valence-electron chi connectivity index (χ0n) is 13.3. The number of nitrogens with one attached hydrogen (secondary N) is 2. The minimum absolute atomic E-state index is 0.283. The van der Waals surface area contributed by atoms with Crippen molar-refractivity contribution in [2.45, 2.75) is 6.92 Å². The van der Waals surface area contributed by atoms with Crippen LogP contribution in [0.5, 0.6) is 0 Å². The maximum absolute atomic E-state index is 12.2. The minimum atomic E-state index is -0.405. The van der Waals surface area contributed by atoms with Crippen molar-refractivity contribution in [3.8, 4) is 11.3 Å². The van der Waals surface area contributed by atoms with E-state index in [2.05, 4.69) is 20.7 Å². The Bertz CT molecular complexity index is 950. The molecule has 0 saturated heterocycles. The van der Waals surface area contributed by atoms with Gasteiger partial charge < -0.3 is 0 Å². The van der Waals surface area contributed by atoms with Gasteiger partial charge in [-0.15, -0.1) is 0 Å². The maximum atomic E-state index is 12.2. The molecule has 2 aromatic carbocycles. The summed E-state index contributed by atoms with van der Waals surface area (Å²) in [6.07, 6.45) is 0. The number of hydrogen-bond donors (Lipinski definition) is 2. The fourth-order valence-electron chi connectivity index (χ4n) is 2.25. The first-order chi connectivity index (χ1) is 12.1. The van der Waals surface area contributed by atoms with E-state index in [9.17, 15) is 4.79 Å². The predicted molar refractivity (Wildman–Crippen MR) is 100 cm³/mol. The molecule has 25 heavy (non-hydrogen) atoms. The highest BCUT2D eigenvalue weighted by Gasteiger charge is 2.12. The van der Waals surface area contributed by atoms with Crippen LogP contribution in [0.2, 0.25) is 10.0 Å². The summed E-state index contributed by atoms with van der Waals surface area (Å²) in [7, 11) is 0. The van der Waals surface area contributed by atoms with E-state index in [0.29, 0.717) is 21.5 Å². The van der Waals surface area contributed by atoms with Crippen LogP contribution in [-0.4, -0.2) is 21.8 Å². The molecule has 1 amide bonds. The topological polar surface area (TPSA) is 70.1 Å². The molecule has 0 fully saturated rings. The molecule has 0 unspecified atom stereocenters. The summed E-state index contributed by atoms with van der Waals surface area (Å²) < 4.78 is 0. The molecule has 0 atom stereocenters. The normalized spacial score (nSPS) is 11.4. The number of hydrogen-bond acceptors (Lipinski definition) is 3. The number of halogens is 2. The Labute approximate surface area is 154 Å². The van der Waals surface area contributed by atoms with E-state index < -0.39 is 5.91 Å². The summed E-state index contributed by atoms with van der Waals surface area (Å²) in [5.41, 5.74) is 5.46. The molecular weight excluding hydrogens is 359 g/mol. The third-order valence-electron chi connectivity index (χ3n) is 3.56. The second-order valence-corrected chi connectivity index (χ2v) is 6.08. The van der Waals surface area contributed by atoms with Crippen molar-refractivity contribution in [1.82, 2.24) is 15.6 Å². The first-order valence-electron chi connectivity index (χ1n) is 7.46. The van der Waals surface area contributed by atoms with Crippen molar-refractivity contribution in [1.29, 1.82) is 0 Å². The van der Waals surface area contributed by atoms with Gasteiger partial charge >= 0.3 is 0 Å². The van der Waals surface area contributed by atoms with E-state index >= 15 is 0 Å². The number of benzene rings is 2. The van der Waals surface area contributed by atoms with Crippen molar-refractivity contribution in [2.75, 3.05) is 0 Å². The van der Waals surface area contributed by atoms with Crippen LogP contribution in [0.25, 0.3) is 11.3 Å². The molecule has 5 nitrogen and oxygen atoms in total. The number of H-pyrrole nitrogens is 1. The third kappa shape index (κ3) is 3.90. The Morgan fingerprint density at radius 3 is 2.48 bits per heavy atom. The summed E-state index contributed by atoms with van der Waals surface area (Å²) in [6.45, 7) is 1.77. The van der Waals surface area contributed by atoms with E-state index in [1.165, 1.54) is 0 Å². The molecule has 0 spiro atoms. The van der Waals surface area contributed by atoms with Crippen LogP contribution in [-0.2, 0) is 0 Å². The number of nitrogens with zero attached hydrogens (tertiary/aromatic N) is 2. The summed E-state index contributed by atoms with van der Waals surface area (Å²) in [6, 6.07) is 16.2. The smallest absolute Gasteiger partial charge is 0.272 e. The van der Waals surface area contributed by atoms with Crippen LogP contribution in [0, 0.1) is 0 Å². The zero-order chi connectivity index (χ0) is 17.8. The third-order valence-corrected chi connectivity index (χ3v) is 4.22. The molecule has 3 aromatic rings. The first kappa shape index (κ1) is 17.2. The second kappa shape index (κ2) is 7.51. The fraction of sp³-hybridized carbons (Fsp3) is 0.0556. The monoisotopic (exact) mass is 372 g/mol. The summed E-state index contributed by atoms with van der Waals surface area (Å²) in [5.74, 6) is -0.405. The van der Waals surface area contributed by atoms with Gasteiger partial charge in [0.25, 0.3) is 5.91 Å². The predicted octanol–water partition coefficient (Wildman–Crippen LogP) is 4.54. The molecular formula is C18H14Cl2N4O. The number of aromatic amines is 1. The highest BCUT2D eigenvalue weighted by atomic mass is 35.5. The first-order valence-corrected chi connectivity index (χ1v) is 8.21. The van der Waals surface area contributed by atoms with Gasteiger partial charge in [-0.25, -0.2) is 5.43 Å². The van der Waals surface area contributed by atoms with E-state index in [0.717, 1.165) is 11.1 Å². The summed E-state index contributed by atoms with van der Waals surface area (Å²) in [5, 5.41) is 12.0. The Balaban J connectivity index is 1.76. The van der Waals surface area contributed by atoms with Crippen LogP contribution in [0.15, 0.2) is 59.7 Å². The lowest BCUT2D eigenvalue weighted by Gasteiger charge is -2.03. The van der Waals surface area contributed by atoms with Gasteiger partial charge in [0.15, 0.2) is 0 Å². The Morgan fingerprint density at radius 2 is 1.76 bits per heavy atom. The van der Waals surface area contributed by atoms with Crippen molar-refractivity contribution in [3.63, 3.8) is 0 Å². The zero-order valence-corrected chi connectivity index (χ0v) is 14.8. The fourth-order valence-corrected chi connectivity index (χ4v) is 2.76. The van der Waals surface area contributed by atoms with Gasteiger partial charge in [0.1, 0.15) is 5.69 Å². The van der Waals surface area contributed by atoms with Crippen LogP contribution < -0.4 is 5.43 Å². The second-order valence-electron chi connectivity index (χ2n) is 5.26. The SMILES string of the molecule is C/C(=N/NC(=O)c1cc(-c2ccccc2Cl)n[nH]1)c1ccccc1Cl. The number of aromatic nitrogens is 2. The average molecular weight is 373 g/mol. The van der Waals surface area contributed by atoms with Gasteiger partial charge in [-0.1, -0.05) is 59.6 Å². The lowest BCUT2D eigenvalue weighted by Crippen LogP contribution is -2.19. The van der Waals surface area contributed by atoms with E-state index in [1.807, 2.05) is 36.4 Å². The van der Waals surface area contributed by atoms with E-state index in [-0.39, 0.29) is 5.69 Å². The number of amides is 1. The lowest BCUT2D eigenvalue weighted by molar-refractivity contribution is 0.0950. The molecule has 0 aliphatic carbocycles. The molecule has 7 heteroatoms. The van der Waals surface area contributed by atoms with Crippen molar-refractivity contribution >= 4 is 34.8 Å². The molecule has 0 saturated carbocycles. The number of carbonyl (C=O) groups is 1. The van der Waals surface area contributed by atoms with Crippen molar-refractivity contribution < 1.29 is 4.79 Å². The molecule has 126 valence electrons. The number of carbonyl (C=O) groups excluding carboxylic acids is 1. The standard InChI is InChI=1S/C18H14Cl2N4O/c1-11(12-6-2-4-8-14(12)19)21-24-18(25)17-10-16(22-23-17)13-7-3-5-9-15(13)20/h2-10H,1H3,(H,22,23)(H,24,25)/b21-11-. The average Bonchev–Trinajstić information content (AvgIpc) is 3.10. The van der Waals surface area contributed by atoms with Gasteiger partial charge in [-0.05, 0) is 25.1 Å². The lowest BCUT2D eigenvalue weighted by atomic mass is 10.1. The van der Waals surface area contributed by atoms with Crippen LogP contribution in [0.1, 0.15) is 23.0 Å². The van der Waals surface area contributed by atoms with Crippen molar-refractivity contribution in [3.05, 3.63) is 75.9 Å². The molecule has 0 aliphatic rings. The molecule has 0 bridgehead atoms. The Morgan fingerprint density at radius 1 is 1.08 bits per heavy atom. The van der Waals surface area contributed by atoms with Gasteiger partial charge in [0, 0.05) is 16.1 Å². The Kier molecular flexibility index (Phi) is 5.16. The van der Waals surface area contributed by atoms with Gasteiger partial charge in [0.05, 0.1) is 16.4 Å². The molecule has 0 aliphatic heterocycles. The maximum Gasteiger partial charge on any atom is 0.289 e. The number of hydrazone groups is 1. The quantitative estimate of drug-likeness (QED) is 0.521. The van der Waals surface area contributed by atoms with Crippen LogP contribution >= 0.6 is 23.2 Å². The van der Waals surface area contributed by atoms with E-state index in [1.54, 1.807) is 25.1 Å². The van der Waals surface area contributed by atoms with Gasteiger partial charge in [-0.3, -0.25) is 9.89 Å². The summed E-state index contributed by atoms with van der Waals surface area (Å²) >= 11 is 12.3. The van der Waals surface area contributed by atoms with Crippen molar-refractivity contribution in [2.24, 2.45) is 5.10 Å². The highest BCUT2D eigenvalue weighted by molar-refractivity contribution is 6.34.